The Hall–Kier alpha value is -3.28. The highest BCUT2D eigenvalue weighted by Crippen LogP contribution is 2.28. The van der Waals surface area contributed by atoms with E-state index in [4.69, 9.17) is 9.15 Å². The second-order valence-corrected chi connectivity index (χ2v) is 6.70. The van der Waals surface area contributed by atoms with Gasteiger partial charge in [0.1, 0.15) is 17.1 Å². The Morgan fingerprint density at radius 1 is 1.11 bits per heavy atom. The van der Waals surface area contributed by atoms with Crippen LogP contribution in [-0.2, 0) is 17.6 Å². The van der Waals surface area contributed by atoms with Gasteiger partial charge in [-0.25, -0.2) is 4.79 Å². The number of fused-ring (bicyclic) bond motifs is 1. The summed E-state index contributed by atoms with van der Waals surface area (Å²) in [6, 6.07) is 10.9. The van der Waals surface area contributed by atoms with Crippen LogP contribution in [0.15, 0.2) is 45.6 Å². The van der Waals surface area contributed by atoms with E-state index < -0.39 is 5.63 Å². The van der Waals surface area contributed by atoms with Crippen LogP contribution in [0.5, 0.6) is 11.5 Å². The summed E-state index contributed by atoms with van der Waals surface area (Å²) >= 11 is 0. The third-order valence-corrected chi connectivity index (χ3v) is 4.91. The van der Waals surface area contributed by atoms with Crippen LogP contribution in [-0.4, -0.2) is 24.7 Å². The predicted octanol–water partition coefficient (Wildman–Crippen LogP) is 3.03. The van der Waals surface area contributed by atoms with Crippen molar-refractivity contribution in [2.24, 2.45) is 0 Å². The molecule has 1 amide bonds. The number of phenols is 1. The molecule has 0 aliphatic rings. The smallest absolute Gasteiger partial charge is 0.340 e. The van der Waals surface area contributed by atoms with Gasteiger partial charge in [-0.3, -0.25) is 4.79 Å². The monoisotopic (exact) mass is 381 g/mol. The van der Waals surface area contributed by atoms with E-state index in [1.54, 1.807) is 33.1 Å². The zero-order valence-corrected chi connectivity index (χ0v) is 16.2. The van der Waals surface area contributed by atoms with Gasteiger partial charge in [-0.15, -0.1) is 0 Å². The first kappa shape index (κ1) is 19.5. The first-order valence-electron chi connectivity index (χ1n) is 9.05. The maximum absolute atomic E-state index is 12.4. The fourth-order valence-corrected chi connectivity index (χ4v) is 3.14. The third-order valence-electron chi connectivity index (χ3n) is 4.91. The summed E-state index contributed by atoms with van der Waals surface area (Å²) in [5.74, 6) is 0.618. The van der Waals surface area contributed by atoms with Crippen molar-refractivity contribution >= 4 is 16.9 Å². The number of hydrogen-bond acceptors (Lipinski definition) is 5. The summed E-state index contributed by atoms with van der Waals surface area (Å²) in [5.41, 5.74) is 2.42. The highest BCUT2D eigenvalue weighted by atomic mass is 16.5. The molecule has 0 saturated carbocycles. The number of carbonyl (C=O) groups excluding carboxylic acids is 1. The lowest BCUT2D eigenvalue weighted by Crippen LogP contribution is -2.29. The van der Waals surface area contributed by atoms with Crippen molar-refractivity contribution in [2.45, 2.75) is 26.7 Å². The minimum atomic E-state index is -0.552. The highest BCUT2D eigenvalue weighted by molar-refractivity contribution is 5.87. The Kier molecular flexibility index (Phi) is 5.68. The number of hydrogen-bond donors (Lipinski definition) is 2. The van der Waals surface area contributed by atoms with Gasteiger partial charge in [0.2, 0.25) is 5.91 Å². The van der Waals surface area contributed by atoms with E-state index >= 15 is 0 Å². The van der Waals surface area contributed by atoms with Gasteiger partial charge in [-0.2, -0.15) is 0 Å². The van der Waals surface area contributed by atoms with E-state index in [1.165, 1.54) is 0 Å². The number of rotatable bonds is 6. The molecule has 146 valence electrons. The van der Waals surface area contributed by atoms with Gasteiger partial charge in [-0.05, 0) is 55.7 Å². The van der Waals surface area contributed by atoms with Gasteiger partial charge in [-0.1, -0.05) is 12.1 Å². The van der Waals surface area contributed by atoms with Crippen LogP contribution >= 0.6 is 0 Å². The maximum atomic E-state index is 12.4. The Morgan fingerprint density at radius 3 is 2.50 bits per heavy atom. The summed E-state index contributed by atoms with van der Waals surface area (Å²) in [7, 11) is 1.62. The Balaban J connectivity index is 1.69. The number of aryl methyl sites for hydroxylation is 2. The molecule has 6 heteroatoms. The molecule has 3 aromatic rings. The van der Waals surface area contributed by atoms with Crippen LogP contribution in [0.2, 0.25) is 0 Å². The minimum Gasteiger partial charge on any atom is -0.508 e. The van der Waals surface area contributed by atoms with Crippen molar-refractivity contribution in [3.8, 4) is 11.5 Å². The number of aromatic hydroxyl groups is 1. The molecule has 3 rings (SSSR count). The molecule has 0 radical (unpaired) electrons. The van der Waals surface area contributed by atoms with Gasteiger partial charge < -0.3 is 19.6 Å². The molecule has 1 heterocycles. The lowest BCUT2D eigenvalue weighted by Gasteiger charge is -2.10. The Morgan fingerprint density at radius 2 is 1.82 bits per heavy atom. The number of ether oxygens (including phenoxy) is 1. The average Bonchev–Trinajstić information content (AvgIpc) is 2.69. The van der Waals surface area contributed by atoms with Crippen molar-refractivity contribution in [1.82, 2.24) is 5.32 Å². The van der Waals surface area contributed by atoms with Gasteiger partial charge in [0, 0.05) is 17.5 Å². The SMILES string of the molecule is COc1ccc(CCNC(=O)Cc2c(C)c3ccc(O)c(C)c3oc2=O)cc1. The van der Waals surface area contributed by atoms with Crippen molar-refractivity contribution in [3.63, 3.8) is 0 Å². The maximum Gasteiger partial charge on any atom is 0.340 e. The van der Waals surface area contributed by atoms with Crippen LogP contribution in [0, 0.1) is 13.8 Å². The van der Waals surface area contributed by atoms with Gasteiger partial charge in [0.25, 0.3) is 0 Å². The second-order valence-electron chi connectivity index (χ2n) is 6.70. The molecule has 0 fully saturated rings. The van der Waals surface area contributed by atoms with Crippen LogP contribution < -0.4 is 15.7 Å². The molecule has 0 aliphatic carbocycles. The summed E-state index contributed by atoms with van der Waals surface area (Å²) in [6.45, 7) is 3.94. The normalized spacial score (nSPS) is 10.8. The van der Waals surface area contributed by atoms with Crippen molar-refractivity contribution < 1.29 is 19.1 Å². The first-order chi connectivity index (χ1) is 13.4. The molecule has 0 bridgehead atoms. The molecule has 0 atom stereocenters. The van der Waals surface area contributed by atoms with E-state index in [-0.39, 0.29) is 18.1 Å². The number of phenolic OH excluding ortho intramolecular Hbond substituents is 1. The van der Waals surface area contributed by atoms with Crippen LogP contribution in [0.4, 0.5) is 0 Å². The predicted molar refractivity (Wildman–Crippen MR) is 107 cm³/mol. The number of benzene rings is 2. The van der Waals surface area contributed by atoms with Crippen molar-refractivity contribution in [2.75, 3.05) is 13.7 Å². The highest BCUT2D eigenvalue weighted by Gasteiger charge is 2.16. The van der Waals surface area contributed by atoms with E-state index in [9.17, 15) is 14.7 Å². The molecule has 28 heavy (non-hydrogen) atoms. The number of nitrogens with one attached hydrogen (secondary N) is 1. The third kappa shape index (κ3) is 4.01. The van der Waals surface area contributed by atoms with E-state index in [0.717, 1.165) is 16.7 Å². The standard InChI is InChI=1S/C22H23NO5/c1-13-17-8-9-19(24)14(2)21(17)28-22(26)18(13)12-20(25)23-11-10-15-4-6-16(27-3)7-5-15/h4-9,24H,10-12H2,1-3H3,(H,23,25). The topological polar surface area (TPSA) is 88.8 Å². The van der Waals surface area contributed by atoms with Crippen molar-refractivity contribution in [3.05, 3.63) is 69.1 Å². The zero-order valence-electron chi connectivity index (χ0n) is 16.2. The fraction of sp³-hybridized carbons (Fsp3) is 0.273. The molecular weight excluding hydrogens is 358 g/mol. The lowest BCUT2D eigenvalue weighted by molar-refractivity contribution is -0.120. The molecule has 0 spiro atoms. The summed E-state index contributed by atoms with van der Waals surface area (Å²) in [4.78, 5) is 24.7. The molecular formula is C22H23NO5. The van der Waals surface area contributed by atoms with E-state index in [0.29, 0.717) is 35.2 Å². The molecule has 2 N–H and O–H groups in total. The van der Waals surface area contributed by atoms with E-state index in [1.807, 2.05) is 24.3 Å². The average molecular weight is 381 g/mol. The summed E-state index contributed by atoms with van der Waals surface area (Å²) < 4.78 is 10.5. The number of methoxy groups -OCH3 is 1. The number of carbonyl (C=O) groups is 1. The van der Waals surface area contributed by atoms with E-state index in [2.05, 4.69) is 5.32 Å². The van der Waals surface area contributed by atoms with Gasteiger partial charge in [0.15, 0.2) is 0 Å². The number of amides is 1. The second kappa shape index (κ2) is 8.17. The molecule has 0 saturated heterocycles. The summed E-state index contributed by atoms with van der Waals surface area (Å²) in [5, 5.41) is 13.4. The van der Waals surface area contributed by atoms with Crippen LogP contribution in [0.3, 0.4) is 0 Å². The lowest BCUT2D eigenvalue weighted by atomic mass is 10.0. The molecule has 1 aromatic heterocycles. The first-order valence-corrected chi connectivity index (χ1v) is 9.05. The summed E-state index contributed by atoms with van der Waals surface area (Å²) in [6.07, 6.45) is 0.631. The van der Waals surface area contributed by atoms with Crippen LogP contribution in [0.25, 0.3) is 11.0 Å². The van der Waals surface area contributed by atoms with Crippen molar-refractivity contribution in [1.29, 1.82) is 0 Å². The molecule has 0 unspecified atom stereocenters. The molecule has 0 aliphatic heterocycles. The fourth-order valence-electron chi connectivity index (χ4n) is 3.14. The zero-order chi connectivity index (χ0) is 20.3. The Labute approximate surface area is 162 Å². The van der Waals surface area contributed by atoms with Crippen LogP contribution in [0.1, 0.15) is 22.3 Å². The molecule has 6 nitrogen and oxygen atoms in total. The molecule has 2 aromatic carbocycles. The Bertz CT molecular complexity index is 1070. The van der Waals surface area contributed by atoms with Gasteiger partial charge in [0.05, 0.1) is 19.1 Å². The quantitative estimate of drug-likeness (QED) is 0.641. The minimum absolute atomic E-state index is 0.0490. The largest absolute Gasteiger partial charge is 0.508 e. The van der Waals surface area contributed by atoms with Gasteiger partial charge >= 0.3 is 5.63 Å².